The van der Waals surface area contributed by atoms with Gasteiger partial charge in [0.2, 0.25) is 11.9 Å². The maximum absolute atomic E-state index is 11.7. The standard InChI is InChI=1S/C24H29N7O/c1-2-22(32)28-17(11-12-25)15-27-23-19-10-9-18(14-20(19)29-24(26)30-23)31-13-5-7-16-6-3-4-8-21(16)31/h2-4,6,8,17-18H,1,5,7,9-11,13-15H2,(H,28,32)(H3,26,27,29,30)/t17-,18?/m0/s1. The Morgan fingerprint density at radius 1 is 1.38 bits per heavy atom. The highest BCUT2D eigenvalue weighted by atomic mass is 16.1. The summed E-state index contributed by atoms with van der Waals surface area (Å²) in [5.41, 5.74) is 10.8. The molecule has 1 amide bonds. The maximum Gasteiger partial charge on any atom is 0.243 e. The zero-order valence-electron chi connectivity index (χ0n) is 18.2. The molecule has 2 aromatic rings. The lowest BCUT2D eigenvalue weighted by molar-refractivity contribution is -0.117. The number of carbonyl (C=O) groups excluding carboxylic acids is 1. The number of hydrogen-bond donors (Lipinski definition) is 3. The monoisotopic (exact) mass is 431 g/mol. The minimum absolute atomic E-state index is 0.186. The van der Waals surface area contributed by atoms with Crippen LogP contribution in [-0.2, 0) is 24.1 Å². The first kappa shape index (κ1) is 21.6. The van der Waals surface area contributed by atoms with E-state index in [1.807, 2.05) is 0 Å². The topological polar surface area (TPSA) is 120 Å². The van der Waals surface area contributed by atoms with E-state index in [1.165, 1.54) is 17.3 Å². The van der Waals surface area contributed by atoms with Crippen LogP contribution in [0.5, 0.6) is 0 Å². The molecule has 4 N–H and O–H groups in total. The van der Waals surface area contributed by atoms with Crippen LogP contribution in [0.15, 0.2) is 36.9 Å². The molecule has 0 radical (unpaired) electrons. The summed E-state index contributed by atoms with van der Waals surface area (Å²) in [5.74, 6) is 0.625. The van der Waals surface area contributed by atoms with Gasteiger partial charge in [-0.25, -0.2) is 4.98 Å². The van der Waals surface area contributed by atoms with Crippen molar-refractivity contribution in [2.24, 2.45) is 0 Å². The summed E-state index contributed by atoms with van der Waals surface area (Å²) in [7, 11) is 0. The molecule has 0 saturated heterocycles. The van der Waals surface area contributed by atoms with Crippen molar-refractivity contribution in [3.05, 3.63) is 53.7 Å². The van der Waals surface area contributed by atoms with Crippen LogP contribution in [0, 0.1) is 11.3 Å². The van der Waals surface area contributed by atoms with E-state index in [0.29, 0.717) is 18.4 Å². The van der Waals surface area contributed by atoms with E-state index in [9.17, 15) is 4.79 Å². The van der Waals surface area contributed by atoms with Gasteiger partial charge in [0, 0.05) is 36.8 Å². The minimum Gasteiger partial charge on any atom is -0.368 e. The molecule has 0 bridgehead atoms. The SMILES string of the molecule is C=CC(=O)N[C@@H](CC#N)CNc1nc(N)nc2c1CCC(N1CCCc3ccccc31)C2. The van der Waals surface area contributed by atoms with Crippen LogP contribution >= 0.6 is 0 Å². The van der Waals surface area contributed by atoms with Crippen LogP contribution in [0.2, 0.25) is 0 Å². The number of nitrogens with zero attached hydrogens (tertiary/aromatic N) is 4. The molecule has 0 spiro atoms. The minimum atomic E-state index is -0.349. The average Bonchev–Trinajstić information content (AvgIpc) is 2.81. The molecule has 2 aliphatic rings. The van der Waals surface area contributed by atoms with E-state index in [0.717, 1.165) is 49.9 Å². The number of para-hydroxylation sites is 1. The molecular formula is C24H29N7O. The predicted molar refractivity (Wildman–Crippen MR) is 125 cm³/mol. The first-order valence-electron chi connectivity index (χ1n) is 11.1. The Morgan fingerprint density at radius 3 is 3.03 bits per heavy atom. The van der Waals surface area contributed by atoms with Gasteiger partial charge in [0.1, 0.15) is 5.82 Å². The second-order valence-corrected chi connectivity index (χ2v) is 8.33. The third kappa shape index (κ3) is 4.67. The predicted octanol–water partition coefficient (Wildman–Crippen LogP) is 2.37. The van der Waals surface area contributed by atoms with Gasteiger partial charge in [0.15, 0.2) is 0 Å². The van der Waals surface area contributed by atoms with Crippen molar-refractivity contribution in [1.29, 1.82) is 5.26 Å². The number of rotatable bonds is 7. The summed E-state index contributed by atoms with van der Waals surface area (Å²) in [4.78, 5) is 23.2. The number of aryl methyl sites for hydroxylation is 1. The van der Waals surface area contributed by atoms with Crippen molar-refractivity contribution in [2.45, 2.75) is 50.6 Å². The van der Waals surface area contributed by atoms with E-state index >= 15 is 0 Å². The fourth-order valence-corrected chi connectivity index (χ4v) is 4.74. The largest absolute Gasteiger partial charge is 0.368 e. The van der Waals surface area contributed by atoms with E-state index < -0.39 is 0 Å². The quantitative estimate of drug-likeness (QED) is 0.576. The Bertz CT molecular complexity index is 1050. The molecule has 1 aromatic heterocycles. The second-order valence-electron chi connectivity index (χ2n) is 8.33. The molecule has 8 nitrogen and oxygen atoms in total. The van der Waals surface area contributed by atoms with Gasteiger partial charge in [-0.1, -0.05) is 24.8 Å². The number of fused-ring (bicyclic) bond motifs is 2. The van der Waals surface area contributed by atoms with Gasteiger partial charge in [-0.05, 0) is 43.4 Å². The third-order valence-corrected chi connectivity index (χ3v) is 6.24. The molecule has 2 heterocycles. The van der Waals surface area contributed by atoms with E-state index in [1.54, 1.807) is 0 Å². The van der Waals surface area contributed by atoms with E-state index in [2.05, 4.69) is 62.4 Å². The Balaban J connectivity index is 1.51. The second kappa shape index (κ2) is 9.69. The number of nitrogen functional groups attached to an aromatic ring is 1. The van der Waals surface area contributed by atoms with Crippen LogP contribution in [0.25, 0.3) is 0 Å². The number of aromatic nitrogens is 2. The number of benzene rings is 1. The van der Waals surface area contributed by atoms with Crippen molar-refractivity contribution in [2.75, 3.05) is 29.0 Å². The number of amides is 1. The molecule has 4 rings (SSSR count). The highest BCUT2D eigenvalue weighted by Crippen LogP contribution is 2.34. The molecular weight excluding hydrogens is 402 g/mol. The molecule has 32 heavy (non-hydrogen) atoms. The zero-order chi connectivity index (χ0) is 22.5. The van der Waals surface area contributed by atoms with Crippen LogP contribution in [0.4, 0.5) is 17.5 Å². The molecule has 166 valence electrons. The van der Waals surface area contributed by atoms with Gasteiger partial charge in [0.05, 0.1) is 24.2 Å². The number of anilines is 3. The Morgan fingerprint density at radius 2 is 2.22 bits per heavy atom. The van der Waals surface area contributed by atoms with E-state index in [4.69, 9.17) is 11.0 Å². The molecule has 2 atom stereocenters. The van der Waals surface area contributed by atoms with Gasteiger partial charge >= 0.3 is 0 Å². The van der Waals surface area contributed by atoms with Gasteiger partial charge in [-0.2, -0.15) is 10.2 Å². The van der Waals surface area contributed by atoms with Gasteiger partial charge in [-0.3, -0.25) is 4.79 Å². The molecule has 0 saturated carbocycles. The van der Waals surface area contributed by atoms with E-state index in [-0.39, 0.29) is 24.3 Å². The lowest BCUT2D eigenvalue weighted by Gasteiger charge is -2.40. The van der Waals surface area contributed by atoms with Crippen molar-refractivity contribution in [3.8, 4) is 6.07 Å². The summed E-state index contributed by atoms with van der Waals surface area (Å²) >= 11 is 0. The Kier molecular flexibility index (Phi) is 6.55. The van der Waals surface area contributed by atoms with Crippen molar-refractivity contribution in [3.63, 3.8) is 0 Å². The normalized spacial score (nSPS) is 18.0. The number of nitrogens with two attached hydrogens (primary N) is 1. The Labute approximate surface area is 188 Å². The number of nitriles is 1. The van der Waals surface area contributed by atoms with Crippen molar-refractivity contribution in [1.82, 2.24) is 15.3 Å². The third-order valence-electron chi connectivity index (χ3n) is 6.24. The molecule has 1 aliphatic heterocycles. The van der Waals surface area contributed by atoms with Gasteiger partial charge < -0.3 is 21.3 Å². The highest BCUT2D eigenvalue weighted by Gasteiger charge is 2.30. The number of carbonyl (C=O) groups is 1. The van der Waals surface area contributed by atoms with Gasteiger partial charge in [-0.15, -0.1) is 0 Å². The van der Waals surface area contributed by atoms with Crippen LogP contribution in [0.3, 0.4) is 0 Å². The molecule has 1 unspecified atom stereocenters. The van der Waals surface area contributed by atoms with Crippen molar-refractivity contribution >= 4 is 23.4 Å². The fourth-order valence-electron chi connectivity index (χ4n) is 4.74. The number of hydrogen-bond acceptors (Lipinski definition) is 7. The lowest BCUT2D eigenvalue weighted by Crippen LogP contribution is -2.43. The maximum atomic E-state index is 11.7. The highest BCUT2D eigenvalue weighted by molar-refractivity contribution is 5.87. The fraction of sp³-hybridized carbons (Fsp3) is 0.417. The summed E-state index contributed by atoms with van der Waals surface area (Å²) in [6.45, 7) is 4.90. The number of nitrogens with one attached hydrogen (secondary N) is 2. The molecule has 8 heteroatoms. The van der Waals surface area contributed by atoms with Crippen LogP contribution < -0.4 is 21.3 Å². The average molecular weight is 432 g/mol. The summed E-state index contributed by atoms with van der Waals surface area (Å²) in [6, 6.07) is 10.8. The smallest absolute Gasteiger partial charge is 0.243 e. The zero-order valence-corrected chi connectivity index (χ0v) is 18.2. The van der Waals surface area contributed by atoms with Crippen LogP contribution in [0.1, 0.15) is 36.1 Å². The summed E-state index contributed by atoms with van der Waals surface area (Å²) < 4.78 is 0. The molecule has 1 aromatic carbocycles. The van der Waals surface area contributed by atoms with Gasteiger partial charge in [0.25, 0.3) is 0 Å². The summed E-state index contributed by atoms with van der Waals surface area (Å²) in [5, 5.41) is 15.1. The molecule has 0 fully saturated rings. The first-order valence-corrected chi connectivity index (χ1v) is 11.1. The lowest BCUT2D eigenvalue weighted by atomic mass is 9.89. The Hall–Kier alpha value is -3.60. The molecule has 1 aliphatic carbocycles. The summed E-state index contributed by atoms with van der Waals surface area (Å²) in [6.07, 6.45) is 6.36. The first-order chi connectivity index (χ1) is 15.6. The van der Waals surface area contributed by atoms with Crippen molar-refractivity contribution < 1.29 is 4.79 Å². The van der Waals surface area contributed by atoms with Crippen LogP contribution in [-0.4, -0.2) is 41.0 Å².